The first kappa shape index (κ1) is 17.9. The van der Waals surface area contributed by atoms with Gasteiger partial charge in [0.25, 0.3) is 5.91 Å². The largest absolute Gasteiger partial charge is 0.459 e. The van der Waals surface area contributed by atoms with Crippen LogP contribution >= 0.6 is 11.3 Å². The molecule has 0 saturated carbocycles. The summed E-state index contributed by atoms with van der Waals surface area (Å²) in [7, 11) is 0. The molecule has 22 heavy (non-hydrogen) atoms. The van der Waals surface area contributed by atoms with Crippen LogP contribution < -0.4 is 11.1 Å². The van der Waals surface area contributed by atoms with Crippen molar-refractivity contribution in [3.8, 4) is 0 Å². The number of carbonyl (C=O) groups is 3. The van der Waals surface area contributed by atoms with Gasteiger partial charge in [-0.2, -0.15) is 0 Å². The van der Waals surface area contributed by atoms with E-state index in [1.807, 2.05) is 19.9 Å². The van der Waals surface area contributed by atoms with Gasteiger partial charge in [-0.1, -0.05) is 11.6 Å². The molecule has 0 aromatic carbocycles. The van der Waals surface area contributed by atoms with Crippen molar-refractivity contribution < 1.29 is 19.1 Å². The van der Waals surface area contributed by atoms with Gasteiger partial charge in [-0.25, -0.2) is 4.79 Å². The lowest BCUT2D eigenvalue weighted by molar-refractivity contribution is -0.152. The van der Waals surface area contributed by atoms with Gasteiger partial charge in [0.1, 0.15) is 5.00 Å². The predicted molar refractivity (Wildman–Crippen MR) is 86.0 cm³/mol. The minimum atomic E-state index is -0.991. The molecule has 0 saturated heterocycles. The Morgan fingerprint density at radius 3 is 2.45 bits per heavy atom. The number of nitrogens with two attached hydrogens (primary N) is 1. The van der Waals surface area contributed by atoms with E-state index >= 15 is 0 Å². The van der Waals surface area contributed by atoms with E-state index < -0.39 is 17.8 Å². The van der Waals surface area contributed by atoms with Crippen LogP contribution in [0.4, 0.5) is 5.00 Å². The molecule has 1 rings (SSSR count). The number of thiophene rings is 1. The van der Waals surface area contributed by atoms with Gasteiger partial charge in [0, 0.05) is 11.3 Å². The number of nitrogens with one attached hydrogen (secondary N) is 1. The van der Waals surface area contributed by atoms with E-state index in [4.69, 9.17) is 5.73 Å². The Labute approximate surface area is 133 Å². The third kappa shape index (κ3) is 4.42. The Kier molecular flexibility index (Phi) is 6.30. The summed E-state index contributed by atoms with van der Waals surface area (Å²) in [6.45, 7) is 7.42. The molecule has 120 valence electrons. The summed E-state index contributed by atoms with van der Waals surface area (Å²) in [6.07, 6.45) is 2.65. The number of hydrogen-bond acceptors (Lipinski definition) is 5. The van der Waals surface area contributed by atoms with Crippen LogP contribution in [0.5, 0.6) is 0 Å². The minimum absolute atomic E-state index is 0.101. The van der Waals surface area contributed by atoms with E-state index in [9.17, 15) is 14.4 Å². The van der Waals surface area contributed by atoms with Crippen LogP contribution in [0.15, 0.2) is 11.6 Å². The van der Waals surface area contributed by atoms with Gasteiger partial charge in [0.05, 0.1) is 12.2 Å². The molecular weight excluding hydrogens is 304 g/mol. The smallest absolute Gasteiger partial charge is 0.397 e. The van der Waals surface area contributed by atoms with Gasteiger partial charge < -0.3 is 15.8 Å². The zero-order valence-electron chi connectivity index (χ0n) is 13.1. The second-order valence-corrected chi connectivity index (χ2v) is 5.98. The van der Waals surface area contributed by atoms with Gasteiger partial charge in [0.2, 0.25) is 0 Å². The van der Waals surface area contributed by atoms with Crippen LogP contribution in [0.25, 0.3) is 0 Å². The van der Waals surface area contributed by atoms with Gasteiger partial charge in [-0.05, 0) is 33.3 Å². The summed E-state index contributed by atoms with van der Waals surface area (Å²) in [6, 6.07) is 0. The number of carbonyl (C=O) groups excluding carboxylic acids is 3. The Morgan fingerprint density at radius 2 is 1.95 bits per heavy atom. The topological polar surface area (TPSA) is 98.5 Å². The van der Waals surface area contributed by atoms with E-state index in [0.717, 1.165) is 10.5 Å². The number of allylic oxidation sites excluding steroid dienone is 2. The molecule has 0 spiro atoms. The van der Waals surface area contributed by atoms with Crippen LogP contribution in [-0.4, -0.2) is 24.4 Å². The molecule has 3 N–H and O–H groups in total. The molecule has 0 fully saturated rings. The lowest BCUT2D eigenvalue weighted by atomic mass is 10.1. The fourth-order valence-electron chi connectivity index (χ4n) is 1.79. The van der Waals surface area contributed by atoms with Crippen LogP contribution in [0.1, 0.15) is 41.6 Å². The molecule has 0 aliphatic heterocycles. The quantitative estimate of drug-likeness (QED) is 0.492. The number of rotatable bonds is 5. The van der Waals surface area contributed by atoms with Crippen LogP contribution in [0.3, 0.4) is 0 Å². The highest BCUT2D eigenvalue weighted by atomic mass is 32.1. The third-order valence-corrected chi connectivity index (χ3v) is 4.11. The number of primary amides is 1. The van der Waals surface area contributed by atoms with Gasteiger partial charge >= 0.3 is 11.9 Å². The van der Waals surface area contributed by atoms with Gasteiger partial charge in [0.15, 0.2) is 0 Å². The second-order valence-electron chi connectivity index (χ2n) is 4.88. The van der Waals surface area contributed by atoms with Crippen molar-refractivity contribution in [2.24, 2.45) is 5.73 Å². The lowest BCUT2D eigenvalue weighted by Gasteiger charge is -2.04. The summed E-state index contributed by atoms with van der Waals surface area (Å²) in [5, 5.41) is 2.69. The molecule has 0 aliphatic carbocycles. The molecule has 7 heteroatoms. The van der Waals surface area contributed by atoms with Crippen molar-refractivity contribution in [3.63, 3.8) is 0 Å². The Hall–Kier alpha value is -2.15. The van der Waals surface area contributed by atoms with E-state index in [1.165, 1.54) is 11.3 Å². The van der Waals surface area contributed by atoms with Gasteiger partial charge in [-0.3, -0.25) is 9.59 Å². The first-order chi connectivity index (χ1) is 10.3. The summed E-state index contributed by atoms with van der Waals surface area (Å²) < 4.78 is 4.62. The molecule has 1 heterocycles. The summed E-state index contributed by atoms with van der Waals surface area (Å²) in [4.78, 5) is 35.6. The molecule has 0 atom stereocenters. The highest BCUT2D eigenvalue weighted by molar-refractivity contribution is 7.17. The average Bonchev–Trinajstić information content (AvgIpc) is 2.72. The van der Waals surface area contributed by atoms with E-state index in [-0.39, 0.29) is 17.2 Å². The number of hydrogen-bond donors (Lipinski definition) is 2. The van der Waals surface area contributed by atoms with E-state index in [2.05, 4.69) is 10.1 Å². The maximum Gasteiger partial charge on any atom is 0.397 e. The molecule has 2 amide bonds. The zero-order valence-corrected chi connectivity index (χ0v) is 13.9. The maximum atomic E-state index is 11.7. The van der Waals surface area contributed by atoms with Crippen molar-refractivity contribution in [1.82, 2.24) is 0 Å². The van der Waals surface area contributed by atoms with Crippen molar-refractivity contribution in [3.05, 3.63) is 27.7 Å². The predicted octanol–water partition coefficient (Wildman–Crippen LogP) is 2.17. The monoisotopic (exact) mass is 324 g/mol. The second kappa shape index (κ2) is 7.74. The normalized spacial score (nSPS) is 10.0. The zero-order chi connectivity index (χ0) is 16.9. The fraction of sp³-hybridized carbons (Fsp3) is 0.400. The summed E-state index contributed by atoms with van der Waals surface area (Å²) in [5.74, 6) is -2.55. The Balaban J connectivity index is 3.10. The molecule has 6 nitrogen and oxygen atoms in total. The Morgan fingerprint density at radius 1 is 1.32 bits per heavy atom. The molecule has 1 aromatic rings. The maximum absolute atomic E-state index is 11.7. The SMILES string of the molecule is CCOC(=O)C(=O)Nc1sc(CC=C(C)C)c(C)c1C(N)=O. The Bertz CT molecular complexity index is 628. The molecule has 0 aliphatic rings. The van der Waals surface area contributed by atoms with E-state index in [0.29, 0.717) is 12.0 Å². The molecular formula is C15H20N2O4S. The number of ether oxygens (including phenoxy) is 1. The summed E-state index contributed by atoms with van der Waals surface area (Å²) in [5.41, 5.74) is 7.48. The van der Waals surface area contributed by atoms with Crippen molar-refractivity contribution in [2.45, 2.75) is 34.1 Å². The van der Waals surface area contributed by atoms with Crippen LogP contribution in [0, 0.1) is 6.92 Å². The molecule has 1 aromatic heterocycles. The highest BCUT2D eigenvalue weighted by Crippen LogP contribution is 2.33. The van der Waals surface area contributed by atoms with Crippen molar-refractivity contribution in [2.75, 3.05) is 11.9 Å². The third-order valence-electron chi connectivity index (χ3n) is 2.88. The minimum Gasteiger partial charge on any atom is -0.459 e. The number of esters is 1. The number of amides is 2. The van der Waals surface area contributed by atoms with Crippen molar-refractivity contribution >= 4 is 34.1 Å². The fourth-order valence-corrected chi connectivity index (χ4v) is 2.96. The molecule has 0 unspecified atom stereocenters. The number of anilines is 1. The summed E-state index contributed by atoms with van der Waals surface area (Å²) >= 11 is 1.24. The van der Waals surface area contributed by atoms with E-state index in [1.54, 1.807) is 13.8 Å². The standard InChI is InChI=1S/C15H20N2O4S/c1-5-21-15(20)13(19)17-14-11(12(16)18)9(4)10(22-14)7-6-8(2)3/h6H,5,7H2,1-4H3,(H2,16,18)(H,17,19). The molecule has 0 radical (unpaired) electrons. The lowest BCUT2D eigenvalue weighted by Crippen LogP contribution is -2.26. The average molecular weight is 324 g/mol. The highest BCUT2D eigenvalue weighted by Gasteiger charge is 2.23. The van der Waals surface area contributed by atoms with Crippen molar-refractivity contribution in [1.29, 1.82) is 0 Å². The van der Waals surface area contributed by atoms with Crippen LogP contribution in [-0.2, 0) is 20.7 Å². The van der Waals surface area contributed by atoms with Gasteiger partial charge in [-0.15, -0.1) is 11.3 Å². The molecule has 0 bridgehead atoms. The first-order valence-corrected chi connectivity index (χ1v) is 7.63. The van der Waals surface area contributed by atoms with Crippen LogP contribution in [0.2, 0.25) is 0 Å². The first-order valence-electron chi connectivity index (χ1n) is 6.81.